The van der Waals surface area contributed by atoms with E-state index in [1.54, 1.807) is 0 Å². The Kier molecular flexibility index (Phi) is 4.10. The molecule has 1 fully saturated rings. The lowest BCUT2D eigenvalue weighted by molar-refractivity contribution is 0.268. The zero-order chi connectivity index (χ0) is 13.1. The molecule has 1 N–H and O–H groups in total. The summed E-state index contributed by atoms with van der Waals surface area (Å²) in [6, 6.07) is 4.71. The fourth-order valence-electron chi connectivity index (χ4n) is 3.01. The quantitative estimate of drug-likeness (QED) is 0.887. The first-order valence-electron chi connectivity index (χ1n) is 6.98. The van der Waals surface area contributed by atoms with Gasteiger partial charge in [0.1, 0.15) is 0 Å². The molecule has 0 aromatic carbocycles. The average Bonchev–Trinajstić information content (AvgIpc) is 2.34. The lowest BCUT2D eigenvalue weighted by atomic mass is 9.78. The minimum Gasteiger partial charge on any atom is -0.379 e. The van der Waals surface area contributed by atoms with Gasteiger partial charge in [0, 0.05) is 26.3 Å². The van der Waals surface area contributed by atoms with Crippen LogP contribution in [0.15, 0.2) is 18.3 Å². The van der Waals surface area contributed by atoms with Gasteiger partial charge in [-0.05, 0) is 36.8 Å². The summed E-state index contributed by atoms with van der Waals surface area (Å²) >= 11 is 0. The van der Waals surface area contributed by atoms with Crippen LogP contribution in [0.5, 0.6) is 0 Å². The molecule has 2 atom stereocenters. The number of hydrogen-bond acceptors (Lipinski definition) is 3. The normalized spacial score (nSPS) is 27.9. The molecule has 18 heavy (non-hydrogen) atoms. The Balaban J connectivity index is 2.17. The van der Waals surface area contributed by atoms with Crippen molar-refractivity contribution in [2.24, 2.45) is 11.8 Å². The van der Waals surface area contributed by atoms with Crippen LogP contribution >= 0.6 is 0 Å². The SMILES string of the molecule is CC1CCCC(C)C1Nc1cccnc1N(C)C. The van der Waals surface area contributed by atoms with Crippen LogP contribution in [0.2, 0.25) is 0 Å². The number of nitrogens with zero attached hydrogens (tertiary/aromatic N) is 2. The molecular formula is C15H25N3. The van der Waals surface area contributed by atoms with E-state index in [1.807, 2.05) is 26.4 Å². The van der Waals surface area contributed by atoms with Gasteiger partial charge in [-0.25, -0.2) is 4.98 Å². The van der Waals surface area contributed by atoms with Crippen molar-refractivity contribution in [2.45, 2.75) is 39.2 Å². The molecule has 2 unspecified atom stereocenters. The van der Waals surface area contributed by atoms with E-state index in [4.69, 9.17) is 0 Å². The van der Waals surface area contributed by atoms with E-state index < -0.39 is 0 Å². The molecule has 1 aliphatic carbocycles. The molecule has 1 saturated carbocycles. The largest absolute Gasteiger partial charge is 0.379 e. The Bertz CT molecular complexity index is 379. The maximum atomic E-state index is 4.46. The van der Waals surface area contributed by atoms with E-state index in [1.165, 1.54) is 19.3 Å². The second-order valence-electron chi connectivity index (χ2n) is 5.82. The van der Waals surface area contributed by atoms with Crippen molar-refractivity contribution in [3.8, 4) is 0 Å². The molecule has 0 spiro atoms. The molecule has 1 aromatic rings. The van der Waals surface area contributed by atoms with E-state index in [2.05, 4.69) is 35.1 Å². The summed E-state index contributed by atoms with van der Waals surface area (Å²) in [7, 11) is 4.09. The summed E-state index contributed by atoms with van der Waals surface area (Å²) in [5.74, 6) is 2.51. The van der Waals surface area contributed by atoms with Crippen molar-refractivity contribution >= 4 is 11.5 Å². The molecule has 0 radical (unpaired) electrons. The van der Waals surface area contributed by atoms with E-state index in [0.717, 1.165) is 23.3 Å². The summed E-state index contributed by atoms with van der Waals surface area (Å²) < 4.78 is 0. The Labute approximate surface area is 111 Å². The Morgan fingerprint density at radius 1 is 1.22 bits per heavy atom. The van der Waals surface area contributed by atoms with Gasteiger partial charge in [-0.3, -0.25) is 0 Å². The molecule has 3 nitrogen and oxygen atoms in total. The van der Waals surface area contributed by atoms with Gasteiger partial charge in [0.2, 0.25) is 0 Å². The zero-order valence-corrected chi connectivity index (χ0v) is 12.0. The number of hydrogen-bond donors (Lipinski definition) is 1. The molecule has 0 aliphatic heterocycles. The van der Waals surface area contributed by atoms with Gasteiger partial charge in [0.15, 0.2) is 5.82 Å². The molecule has 0 amide bonds. The van der Waals surface area contributed by atoms with Crippen LogP contribution in [0.25, 0.3) is 0 Å². The van der Waals surface area contributed by atoms with Gasteiger partial charge in [0.25, 0.3) is 0 Å². The number of aromatic nitrogens is 1. The molecule has 1 heterocycles. The van der Waals surface area contributed by atoms with Crippen LogP contribution in [0, 0.1) is 11.8 Å². The lowest BCUT2D eigenvalue weighted by Crippen LogP contribution is -2.37. The van der Waals surface area contributed by atoms with Gasteiger partial charge < -0.3 is 10.2 Å². The van der Waals surface area contributed by atoms with Crippen LogP contribution in [0.3, 0.4) is 0 Å². The maximum Gasteiger partial charge on any atom is 0.151 e. The molecule has 1 aliphatic rings. The first kappa shape index (κ1) is 13.2. The predicted molar refractivity (Wildman–Crippen MR) is 78.2 cm³/mol. The monoisotopic (exact) mass is 247 g/mol. The third kappa shape index (κ3) is 2.77. The topological polar surface area (TPSA) is 28.2 Å². The van der Waals surface area contributed by atoms with Crippen LogP contribution in [-0.2, 0) is 0 Å². The van der Waals surface area contributed by atoms with Crippen molar-refractivity contribution < 1.29 is 0 Å². The summed E-state index contributed by atoms with van der Waals surface area (Å²) in [4.78, 5) is 6.53. The molecule has 0 bridgehead atoms. The van der Waals surface area contributed by atoms with E-state index >= 15 is 0 Å². The van der Waals surface area contributed by atoms with E-state index in [-0.39, 0.29) is 0 Å². The molecule has 2 rings (SSSR count). The highest BCUT2D eigenvalue weighted by atomic mass is 15.2. The number of rotatable bonds is 3. The second-order valence-corrected chi connectivity index (χ2v) is 5.82. The van der Waals surface area contributed by atoms with Gasteiger partial charge in [-0.15, -0.1) is 0 Å². The average molecular weight is 247 g/mol. The van der Waals surface area contributed by atoms with Crippen LogP contribution in [-0.4, -0.2) is 25.1 Å². The number of anilines is 2. The first-order valence-corrected chi connectivity index (χ1v) is 6.98. The standard InChI is InChI=1S/C15H25N3/c1-11-7-5-8-12(2)14(11)17-13-9-6-10-16-15(13)18(3)4/h6,9-12,14,17H,5,7-8H2,1-4H3. The zero-order valence-electron chi connectivity index (χ0n) is 12.0. The predicted octanol–water partition coefficient (Wildman–Crippen LogP) is 3.38. The number of nitrogens with one attached hydrogen (secondary N) is 1. The fraction of sp³-hybridized carbons (Fsp3) is 0.667. The van der Waals surface area contributed by atoms with Crippen LogP contribution in [0.4, 0.5) is 11.5 Å². The second kappa shape index (κ2) is 5.59. The van der Waals surface area contributed by atoms with Crippen molar-refractivity contribution in [1.82, 2.24) is 4.98 Å². The van der Waals surface area contributed by atoms with Crippen molar-refractivity contribution in [2.75, 3.05) is 24.3 Å². The molecule has 0 saturated heterocycles. The molecule has 1 aromatic heterocycles. The highest BCUT2D eigenvalue weighted by Gasteiger charge is 2.28. The van der Waals surface area contributed by atoms with E-state index in [9.17, 15) is 0 Å². The van der Waals surface area contributed by atoms with Gasteiger partial charge in [-0.2, -0.15) is 0 Å². The first-order chi connectivity index (χ1) is 8.59. The third-order valence-corrected chi connectivity index (χ3v) is 4.08. The Hall–Kier alpha value is -1.25. The Morgan fingerprint density at radius 3 is 2.50 bits per heavy atom. The summed E-state index contributed by atoms with van der Waals surface area (Å²) in [5.41, 5.74) is 1.16. The minimum atomic E-state index is 0.571. The van der Waals surface area contributed by atoms with Gasteiger partial charge in [-0.1, -0.05) is 20.3 Å². The minimum absolute atomic E-state index is 0.571. The summed E-state index contributed by atoms with van der Waals surface area (Å²) in [6.07, 6.45) is 5.89. The molecule has 100 valence electrons. The highest BCUT2D eigenvalue weighted by Crippen LogP contribution is 2.33. The number of pyridine rings is 1. The Morgan fingerprint density at radius 2 is 1.89 bits per heavy atom. The maximum absolute atomic E-state index is 4.46. The van der Waals surface area contributed by atoms with Gasteiger partial charge >= 0.3 is 0 Å². The highest BCUT2D eigenvalue weighted by molar-refractivity contribution is 5.65. The van der Waals surface area contributed by atoms with Crippen LogP contribution < -0.4 is 10.2 Å². The van der Waals surface area contributed by atoms with Crippen LogP contribution in [0.1, 0.15) is 33.1 Å². The van der Waals surface area contributed by atoms with Gasteiger partial charge in [0.05, 0.1) is 5.69 Å². The summed E-state index contributed by atoms with van der Waals surface area (Å²) in [6.45, 7) is 4.72. The smallest absolute Gasteiger partial charge is 0.151 e. The fourth-order valence-corrected chi connectivity index (χ4v) is 3.01. The third-order valence-electron chi connectivity index (χ3n) is 4.08. The summed E-state index contributed by atoms with van der Waals surface area (Å²) in [5, 5.41) is 3.73. The van der Waals surface area contributed by atoms with Crippen molar-refractivity contribution in [1.29, 1.82) is 0 Å². The van der Waals surface area contributed by atoms with E-state index in [0.29, 0.717) is 6.04 Å². The molecule has 3 heteroatoms. The van der Waals surface area contributed by atoms with Crippen molar-refractivity contribution in [3.05, 3.63) is 18.3 Å². The lowest BCUT2D eigenvalue weighted by Gasteiger charge is -2.36. The van der Waals surface area contributed by atoms with Crippen molar-refractivity contribution in [3.63, 3.8) is 0 Å². The molecular weight excluding hydrogens is 222 g/mol.